The van der Waals surface area contributed by atoms with Crippen molar-refractivity contribution in [2.24, 2.45) is 0 Å². The summed E-state index contributed by atoms with van der Waals surface area (Å²) in [6.07, 6.45) is 0.653. The Kier molecular flexibility index (Phi) is 8.41. The first-order valence-electron chi connectivity index (χ1n) is 7.32. The topological polar surface area (TPSA) is 44.8 Å². The van der Waals surface area contributed by atoms with Gasteiger partial charge in [-0.1, -0.05) is 11.8 Å². The number of thioether (sulfide) groups is 1. The lowest BCUT2D eigenvalue weighted by molar-refractivity contribution is -0.157. The van der Waals surface area contributed by atoms with Gasteiger partial charge in [0.2, 0.25) is 0 Å². The molecule has 1 atom stereocenters. The molecule has 0 bridgehead atoms. The molecule has 0 aromatic carbocycles. The van der Waals surface area contributed by atoms with Crippen LogP contribution in [0.5, 0.6) is 0 Å². The van der Waals surface area contributed by atoms with Crippen LogP contribution in [0.15, 0.2) is 11.7 Å². The van der Waals surface area contributed by atoms with Crippen LogP contribution in [0, 0.1) is 0 Å². The van der Waals surface area contributed by atoms with Gasteiger partial charge in [0.25, 0.3) is 0 Å². The number of esters is 1. The summed E-state index contributed by atoms with van der Waals surface area (Å²) in [5, 5.41) is 0.197. The van der Waals surface area contributed by atoms with Crippen molar-refractivity contribution in [3.63, 3.8) is 0 Å². The maximum atomic E-state index is 12.1. The molecule has 0 radical (unpaired) electrons. The fraction of sp³-hybridized carbons (Fsp3) is 0.812. The van der Waals surface area contributed by atoms with Crippen LogP contribution >= 0.6 is 11.8 Å². The summed E-state index contributed by atoms with van der Waals surface area (Å²) >= 11 is 1.28. The minimum absolute atomic E-state index is 0.182. The van der Waals surface area contributed by atoms with Gasteiger partial charge >= 0.3 is 5.97 Å². The van der Waals surface area contributed by atoms with E-state index in [1.54, 1.807) is 6.92 Å². The molecule has 0 N–H and O–H groups in total. The quantitative estimate of drug-likeness (QED) is 0.472. The van der Waals surface area contributed by atoms with Gasteiger partial charge in [0.15, 0.2) is 0 Å². The molecule has 0 aliphatic carbocycles. The number of rotatable bonds is 9. The van der Waals surface area contributed by atoms with E-state index in [9.17, 15) is 4.79 Å². The van der Waals surface area contributed by atoms with Gasteiger partial charge in [-0.3, -0.25) is 4.79 Å². The normalized spacial score (nSPS) is 13.7. The van der Waals surface area contributed by atoms with Crippen LogP contribution in [0.1, 0.15) is 54.9 Å². The second kappa shape index (κ2) is 8.69. The molecule has 4 nitrogen and oxygen atoms in total. The molecule has 0 aromatic rings. The summed E-state index contributed by atoms with van der Waals surface area (Å²) in [7, 11) is 0. The minimum Gasteiger partial charge on any atom is -0.488 e. The molecule has 0 spiro atoms. The van der Waals surface area contributed by atoms with E-state index < -0.39 is 5.60 Å². The smallest absolute Gasteiger partial charge is 0.319 e. The van der Waals surface area contributed by atoms with Gasteiger partial charge in [-0.25, -0.2) is 0 Å². The van der Waals surface area contributed by atoms with E-state index >= 15 is 0 Å². The van der Waals surface area contributed by atoms with Crippen molar-refractivity contribution in [3.8, 4) is 0 Å². The Bertz CT molecular complexity index is 345. The standard InChI is InChI=1S/C16H30O4S/c1-9-18-13(3)21-12(2)14(17)20-16(7,8)10-11-19-15(4,5)6/h12H,3,9-11H2,1-2,4-8H3. The molecule has 5 heteroatoms. The highest BCUT2D eigenvalue weighted by molar-refractivity contribution is 8.04. The predicted molar refractivity (Wildman–Crippen MR) is 88.3 cm³/mol. The average Bonchev–Trinajstić information content (AvgIpc) is 2.25. The molecule has 0 rings (SSSR count). The highest BCUT2D eigenvalue weighted by atomic mass is 32.2. The highest BCUT2D eigenvalue weighted by Gasteiger charge is 2.27. The Morgan fingerprint density at radius 3 is 2.29 bits per heavy atom. The van der Waals surface area contributed by atoms with Crippen molar-refractivity contribution in [1.82, 2.24) is 0 Å². The van der Waals surface area contributed by atoms with Crippen molar-refractivity contribution >= 4 is 17.7 Å². The van der Waals surface area contributed by atoms with Crippen molar-refractivity contribution in [3.05, 3.63) is 11.7 Å². The molecule has 1 unspecified atom stereocenters. The average molecular weight is 318 g/mol. The molecular weight excluding hydrogens is 288 g/mol. The third kappa shape index (κ3) is 10.7. The highest BCUT2D eigenvalue weighted by Crippen LogP contribution is 2.25. The Morgan fingerprint density at radius 1 is 1.24 bits per heavy atom. The second-order valence-corrected chi connectivity index (χ2v) is 7.85. The van der Waals surface area contributed by atoms with E-state index in [0.29, 0.717) is 24.7 Å². The van der Waals surface area contributed by atoms with Gasteiger partial charge in [0.1, 0.15) is 15.9 Å². The SMILES string of the molecule is C=C(OCC)SC(C)C(=O)OC(C)(C)CCOC(C)(C)C. The van der Waals surface area contributed by atoms with Crippen molar-refractivity contribution < 1.29 is 19.0 Å². The van der Waals surface area contributed by atoms with Crippen molar-refractivity contribution in [2.75, 3.05) is 13.2 Å². The molecular formula is C16H30O4S. The summed E-state index contributed by atoms with van der Waals surface area (Å²) < 4.78 is 16.5. The first kappa shape index (κ1) is 20.3. The molecule has 0 saturated carbocycles. The molecule has 0 amide bonds. The Morgan fingerprint density at radius 2 is 1.81 bits per heavy atom. The summed E-state index contributed by atoms with van der Waals surface area (Å²) in [5.74, 6) is -0.262. The van der Waals surface area contributed by atoms with E-state index in [2.05, 4.69) is 6.58 Å². The molecule has 0 saturated heterocycles. The zero-order valence-electron chi connectivity index (χ0n) is 14.4. The molecule has 21 heavy (non-hydrogen) atoms. The lowest BCUT2D eigenvalue weighted by Crippen LogP contribution is -2.34. The zero-order chi connectivity index (χ0) is 16.7. The molecule has 124 valence electrons. The van der Waals surface area contributed by atoms with Crippen molar-refractivity contribution in [1.29, 1.82) is 0 Å². The lowest BCUT2D eigenvalue weighted by Gasteiger charge is -2.28. The Balaban J connectivity index is 4.24. The van der Waals surface area contributed by atoms with Crippen LogP contribution in [0.25, 0.3) is 0 Å². The van der Waals surface area contributed by atoms with Crippen LogP contribution < -0.4 is 0 Å². The zero-order valence-corrected chi connectivity index (χ0v) is 15.3. The first-order valence-corrected chi connectivity index (χ1v) is 8.20. The fourth-order valence-electron chi connectivity index (χ4n) is 1.45. The van der Waals surface area contributed by atoms with Gasteiger partial charge in [-0.15, -0.1) is 0 Å². The van der Waals surface area contributed by atoms with Gasteiger partial charge < -0.3 is 14.2 Å². The molecule has 0 fully saturated rings. The third-order valence-electron chi connectivity index (χ3n) is 2.56. The molecule has 0 aliphatic heterocycles. The number of carbonyl (C=O) groups is 1. The third-order valence-corrected chi connectivity index (χ3v) is 3.49. The fourth-order valence-corrected chi connectivity index (χ4v) is 2.17. The van der Waals surface area contributed by atoms with Crippen LogP contribution in [0.4, 0.5) is 0 Å². The number of hydrogen-bond acceptors (Lipinski definition) is 5. The van der Waals surface area contributed by atoms with Gasteiger partial charge in [-0.05, 0) is 55.0 Å². The van der Waals surface area contributed by atoms with Gasteiger partial charge in [0, 0.05) is 6.42 Å². The van der Waals surface area contributed by atoms with E-state index in [4.69, 9.17) is 14.2 Å². The van der Waals surface area contributed by atoms with Crippen LogP contribution in [0.2, 0.25) is 0 Å². The maximum Gasteiger partial charge on any atom is 0.319 e. The van der Waals surface area contributed by atoms with Crippen LogP contribution in [-0.4, -0.2) is 35.6 Å². The number of hydrogen-bond donors (Lipinski definition) is 0. The Labute approximate surface area is 133 Å². The summed E-state index contributed by atoms with van der Waals surface area (Å²) in [6, 6.07) is 0. The number of ether oxygens (including phenoxy) is 3. The summed E-state index contributed by atoms with van der Waals surface area (Å²) in [6.45, 7) is 18.3. The maximum absolute atomic E-state index is 12.1. The van der Waals surface area contributed by atoms with Crippen LogP contribution in [-0.2, 0) is 19.0 Å². The van der Waals surface area contributed by atoms with E-state index in [1.165, 1.54) is 11.8 Å². The van der Waals surface area contributed by atoms with Crippen LogP contribution in [0.3, 0.4) is 0 Å². The van der Waals surface area contributed by atoms with Crippen molar-refractivity contribution in [2.45, 2.75) is 71.3 Å². The van der Waals surface area contributed by atoms with Gasteiger partial charge in [-0.2, -0.15) is 0 Å². The first-order chi connectivity index (χ1) is 9.47. The Hall–Kier alpha value is -0.680. The van der Waals surface area contributed by atoms with E-state index in [0.717, 1.165) is 0 Å². The minimum atomic E-state index is -0.551. The second-order valence-electron chi connectivity index (χ2n) is 6.46. The largest absolute Gasteiger partial charge is 0.488 e. The van der Waals surface area contributed by atoms with E-state index in [-0.39, 0.29) is 16.8 Å². The molecule has 0 aromatic heterocycles. The monoisotopic (exact) mass is 318 g/mol. The lowest BCUT2D eigenvalue weighted by atomic mass is 10.1. The molecule has 0 aliphatic rings. The number of carbonyl (C=O) groups excluding carboxylic acids is 1. The van der Waals surface area contributed by atoms with E-state index in [1.807, 2.05) is 41.5 Å². The predicted octanol–water partition coefficient (Wildman–Crippen LogP) is 4.14. The molecule has 0 heterocycles. The summed E-state index contributed by atoms with van der Waals surface area (Å²) in [4.78, 5) is 12.1. The summed E-state index contributed by atoms with van der Waals surface area (Å²) in [5.41, 5.74) is -0.734. The van der Waals surface area contributed by atoms with Gasteiger partial charge in [0.05, 0.1) is 18.8 Å².